The van der Waals surface area contributed by atoms with E-state index in [9.17, 15) is 0 Å². The Labute approximate surface area is 160 Å². The van der Waals surface area contributed by atoms with E-state index in [1.54, 1.807) is 28.7 Å². The molecule has 136 valence electrons. The average molecular weight is 378 g/mol. The van der Waals surface area contributed by atoms with Gasteiger partial charge in [-0.05, 0) is 24.4 Å². The maximum absolute atomic E-state index is 4.53. The predicted octanol–water partition coefficient (Wildman–Crippen LogP) is 2.30. The van der Waals surface area contributed by atoms with E-state index in [4.69, 9.17) is 0 Å². The fourth-order valence-electron chi connectivity index (χ4n) is 3.33. The summed E-state index contributed by atoms with van der Waals surface area (Å²) in [6, 6.07) is 6.00. The van der Waals surface area contributed by atoms with Gasteiger partial charge in [-0.25, -0.2) is 24.6 Å². The Morgan fingerprint density at radius 2 is 1.67 bits per heavy atom. The number of hydrogen-bond donors (Lipinski definition) is 0. The van der Waals surface area contributed by atoms with Gasteiger partial charge in [0.1, 0.15) is 24.3 Å². The van der Waals surface area contributed by atoms with Gasteiger partial charge in [-0.3, -0.25) is 0 Å². The molecule has 1 aliphatic rings. The fraction of sp³-hybridized carbons (Fsp3) is 0.278. The Balaban J connectivity index is 1.34. The predicted molar refractivity (Wildman–Crippen MR) is 106 cm³/mol. The Kier molecular flexibility index (Phi) is 3.93. The van der Waals surface area contributed by atoms with Crippen molar-refractivity contribution in [2.45, 2.75) is 6.92 Å². The molecule has 8 nitrogen and oxygen atoms in total. The Morgan fingerprint density at radius 3 is 2.48 bits per heavy atom. The van der Waals surface area contributed by atoms with Gasteiger partial charge in [0.25, 0.3) is 0 Å². The molecule has 0 unspecified atom stereocenters. The van der Waals surface area contributed by atoms with Gasteiger partial charge in [-0.15, -0.1) is 11.3 Å². The van der Waals surface area contributed by atoms with Crippen LogP contribution >= 0.6 is 11.3 Å². The molecule has 0 N–H and O–H groups in total. The van der Waals surface area contributed by atoms with Crippen LogP contribution in [0.4, 0.5) is 11.6 Å². The number of aromatic nitrogens is 6. The molecule has 4 aromatic heterocycles. The van der Waals surface area contributed by atoms with Crippen molar-refractivity contribution in [2.24, 2.45) is 0 Å². The van der Waals surface area contributed by atoms with Gasteiger partial charge in [0.2, 0.25) is 0 Å². The first-order valence-corrected chi connectivity index (χ1v) is 9.69. The molecule has 1 saturated heterocycles. The van der Waals surface area contributed by atoms with E-state index in [-0.39, 0.29) is 0 Å². The molecule has 1 fully saturated rings. The highest BCUT2D eigenvalue weighted by atomic mass is 32.1. The summed E-state index contributed by atoms with van der Waals surface area (Å²) < 4.78 is 2.94. The van der Waals surface area contributed by atoms with Gasteiger partial charge in [0.15, 0.2) is 5.82 Å². The standard InChI is InChI=1S/C18H18N8S/c1-13-2-4-26(23-13)16-10-15(20-12-21-16)24-5-7-25(8-6-24)18-17-14(3-9-27-17)19-11-22-18/h2-4,9-12H,5-8H2,1H3. The van der Waals surface area contributed by atoms with E-state index in [0.29, 0.717) is 0 Å². The lowest BCUT2D eigenvalue weighted by Crippen LogP contribution is -2.47. The minimum atomic E-state index is 0.784. The summed E-state index contributed by atoms with van der Waals surface area (Å²) in [6.07, 6.45) is 5.17. The van der Waals surface area contributed by atoms with Crippen LogP contribution in [0.25, 0.3) is 16.0 Å². The van der Waals surface area contributed by atoms with Crippen molar-refractivity contribution in [1.29, 1.82) is 0 Å². The Bertz CT molecular complexity index is 1080. The quantitative estimate of drug-likeness (QED) is 0.541. The number of hydrogen-bond acceptors (Lipinski definition) is 8. The summed E-state index contributed by atoms with van der Waals surface area (Å²) >= 11 is 1.70. The highest BCUT2D eigenvalue weighted by Crippen LogP contribution is 2.29. The largest absolute Gasteiger partial charge is 0.353 e. The van der Waals surface area contributed by atoms with E-state index in [0.717, 1.165) is 59.5 Å². The Hall–Kier alpha value is -3.07. The summed E-state index contributed by atoms with van der Waals surface area (Å²) in [5.41, 5.74) is 1.98. The van der Waals surface area contributed by atoms with Gasteiger partial charge >= 0.3 is 0 Å². The van der Waals surface area contributed by atoms with Crippen LogP contribution in [0.5, 0.6) is 0 Å². The van der Waals surface area contributed by atoms with Crippen molar-refractivity contribution in [3.05, 3.63) is 48.1 Å². The average Bonchev–Trinajstić information content (AvgIpc) is 3.37. The highest BCUT2D eigenvalue weighted by Gasteiger charge is 2.21. The second-order valence-corrected chi connectivity index (χ2v) is 7.36. The first-order valence-electron chi connectivity index (χ1n) is 8.81. The lowest BCUT2D eigenvalue weighted by atomic mass is 10.3. The van der Waals surface area contributed by atoms with Crippen LogP contribution in [0.3, 0.4) is 0 Å². The van der Waals surface area contributed by atoms with Gasteiger partial charge < -0.3 is 9.80 Å². The van der Waals surface area contributed by atoms with Gasteiger partial charge in [0.05, 0.1) is 15.9 Å². The zero-order valence-corrected chi connectivity index (χ0v) is 15.7. The summed E-state index contributed by atoms with van der Waals surface area (Å²) in [5, 5.41) is 6.50. The second kappa shape index (κ2) is 6.58. The molecular weight excluding hydrogens is 360 g/mol. The van der Waals surface area contributed by atoms with Crippen molar-refractivity contribution >= 4 is 33.2 Å². The minimum Gasteiger partial charge on any atom is -0.353 e. The number of rotatable bonds is 3. The van der Waals surface area contributed by atoms with Gasteiger partial charge in [-0.2, -0.15) is 5.10 Å². The molecular formula is C18H18N8S. The molecule has 0 bridgehead atoms. The van der Waals surface area contributed by atoms with Crippen LogP contribution in [0.15, 0.2) is 42.4 Å². The summed E-state index contributed by atoms with van der Waals surface area (Å²) in [7, 11) is 0. The molecule has 0 amide bonds. The third kappa shape index (κ3) is 2.99. The van der Waals surface area contributed by atoms with Crippen LogP contribution in [-0.2, 0) is 0 Å². The summed E-state index contributed by atoms with van der Waals surface area (Å²) in [6.45, 7) is 5.51. The molecule has 27 heavy (non-hydrogen) atoms. The smallest absolute Gasteiger partial charge is 0.158 e. The monoisotopic (exact) mass is 378 g/mol. The SMILES string of the molecule is Cc1ccn(-c2cc(N3CCN(c4ncnc5ccsc45)CC3)ncn2)n1. The molecule has 0 spiro atoms. The molecule has 0 aromatic carbocycles. The first-order chi connectivity index (χ1) is 13.3. The summed E-state index contributed by atoms with van der Waals surface area (Å²) in [5.74, 6) is 2.74. The molecule has 4 aromatic rings. The van der Waals surface area contributed by atoms with Crippen LogP contribution < -0.4 is 9.80 Å². The van der Waals surface area contributed by atoms with E-state index < -0.39 is 0 Å². The van der Waals surface area contributed by atoms with E-state index >= 15 is 0 Å². The first kappa shape index (κ1) is 16.1. The molecule has 5 heterocycles. The van der Waals surface area contributed by atoms with Crippen LogP contribution in [0.2, 0.25) is 0 Å². The van der Waals surface area contributed by atoms with Crippen molar-refractivity contribution in [3.8, 4) is 5.82 Å². The van der Waals surface area contributed by atoms with Gasteiger partial charge in [0, 0.05) is 38.4 Å². The fourth-order valence-corrected chi connectivity index (χ4v) is 4.19. The molecule has 0 saturated carbocycles. The summed E-state index contributed by atoms with van der Waals surface area (Å²) in [4.78, 5) is 22.3. The molecule has 9 heteroatoms. The van der Waals surface area contributed by atoms with Crippen molar-refractivity contribution in [2.75, 3.05) is 36.0 Å². The number of nitrogens with zero attached hydrogens (tertiary/aromatic N) is 8. The van der Waals surface area contributed by atoms with Crippen molar-refractivity contribution in [1.82, 2.24) is 29.7 Å². The molecule has 1 aliphatic heterocycles. The number of aryl methyl sites for hydroxylation is 1. The van der Waals surface area contributed by atoms with Crippen molar-refractivity contribution in [3.63, 3.8) is 0 Å². The number of anilines is 2. The van der Waals surface area contributed by atoms with Crippen LogP contribution in [-0.4, -0.2) is 55.9 Å². The maximum atomic E-state index is 4.53. The van der Waals surface area contributed by atoms with Crippen LogP contribution in [0, 0.1) is 6.92 Å². The number of piperazine rings is 1. The Morgan fingerprint density at radius 1 is 0.889 bits per heavy atom. The third-order valence-electron chi connectivity index (χ3n) is 4.72. The lowest BCUT2D eigenvalue weighted by molar-refractivity contribution is 0.641. The van der Waals surface area contributed by atoms with E-state index in [1.807, 2.05) is 31.3 Å². The van der Waals surface area contributed by atoms with E-state index in [1.165, 1.54) is 0 Å². The molecule has 0 aliphatic carbocycles. The zero-order chi connectivity index (χ0) is 18.2. The maximum Gasteiger partial charge on any atom is 0.158 e. The molecule has 5 rings (SSSR count). The van der Waals surface area contributed by atoms with Gasteiger partial charge in [-0.1, -0.05) is 0 Å². The number of thiophene rings is 1. The van der Waals surface area contributed by atoms with Crippen molar-refractivity contribution < 1.29 is 0 Å². The lowest BCUT2D eigenvalue weighted by Gasteiger charge is -2.36. The molecule has 0 atom stereocenters. The topological polar surface area (TPSA) is 75.9 Å². The third-order valence-corrected chi connectivity index (χ3v) is 5.62. The normalized spacial score (nSPS) is 14.9. The highest BCUT2D eigenvalue weighted by molar-refractivity contribution is 7.17. The zero-order valence-electron chi connectivity index (χ0n) is 14.9. The van der Waals surface area contributed by atoms with E-state index in [2.05, 4.69) is 40.2 Å². The molecule has 0 radical (unpaired) electrons. The second-order valence-electron chi connectivity index (χ2n) is 6.44. The number of fused-ring (bicyclic) bond motifs is 1. The van der Waals surface area contributed by atoms with Crippen LogP contribution in [0.1, 0.15) is 5.69 Å². The minimum absolute atomic E-state index is 0.784.